The lowest BCUT2D eigenvalue weighted by molar-refractivity contribution is 0.316. The van der Waals surface area contributed by atoms with E-state index in [4.69, 9.17) is 0 Å². The van der Waals surface area contributed by atoms with E-state index >= 15 is 0 Å². The first-order valence-corrected chi connectivity index (χ1v) is 9.26. The van der Waals surface area contributed by atoms with Gasteiger partial charge >= 0.3 is 0 Å². The fraction of sp³-hybridized carbons (Fsp3) is 0.474. The zero-order valence-corrected chi connectivity index (χ0v) is 16.1. The van der Waals surface area contributed by atoms with Crippen molar-refractivity contribution >= 4 is 11.8 Å². The standard InChI is InChI=1S/C19H22N4OS/c1-18(2,3)14-7-6-12(9-21-14)15-13(8-20)16(24)23-10-19(4,5)11-25-17(23)22-15/h6-7,9H,10-11H2,1-5H3. The smallest absolute Gasteiger partial charge is 0.272 e. The third-order valence-corrected chi connectivity index (χ3v) is 5.73. The Balaban J connectivity index is 2.14. The number of nitrogens with zero attached hydrogens (tertiary/aromatic N) is 4. The van der Waals surface area contributed by atoms with Gasteiger partial charge in [-0.25, -0.2) is 4.98 Å². The molecular formula is C19H22N4OS. The predicted octanol–water partition coefficient (Wildman–Crippen LogP) is 3.61. The van der Waals surface area contributed by atoms with Crippen LogP contribution in [-0.2, 0) is 12.0 Å². The predicted molar refractivity (Wildman–Crippen MR) is 99.6 cm³/mol. The van der Waals surface area contributed by atoms with Gasteiger partial charge in [-0.05, 0) is 17.5 Å². The average Bonchev–Trinajstić information content (AvgIpc) is 2.54. The van der Waals surface area contributed by atoms with Gasteiger partial charge in [0.05, 0.1) is 5.69 Å². The second kappa shape index (κ2) is 5.99. The van der Waals surface area contributed by atoms with E-state index in [1.54, 1.807) is 22.5 Å². The summed E-state index contributed by atoms with van der Waals surface area (Å²) in [6.45, 7) is 11.1. The molecule has 0 saturated carbocycles. The van der Waals surface area contributed by atoms with Crippen LogP contribution >= 0.6 is 11.8 Å². The summed E-state index contributed by atoms with van der Waals surface area (Å²) in [5.74, 6) is 0.895. The lowest BCUT2D eigenvalue weighted by Crippen LogP contribution is -2.37. The van der Waals surface area contributed by atoms with Crippen LogP contribution in [-0.4, -0.2) is 20.3 Å². The molecule has 0 aromatic carbocycles. The van der Waals surface area contributed by atoms with E-state index in [-0.39, 0.29) is 22.0 Å². The van der Waals surface area contributed by atoms with Crippen molar-refractivity contribution in [1.29, 1.82) is 5.26 Å². The molecule has 1 aliphatic rings. The molecular weight excluding hydrogens is 332 g/mol. The molecule has 0 spiro atoms. The van der Waals surface area contributed by atoms with Crippen LogP contribution < -0.4 is 5.56 Å². The molecule has 0 amide bonds. The molecule has 0 aliphatic carbocycles. The van der Waals surface area contributed by atoms with Crippen molar-refractivity contribution in [2.75, 3.05) is 5.75 Å². The molecule has 25 heavy (non-hydrogen) atoms. The van der Waals surface area contributed by atoms with Crippen LogP contribution in [0, 0.1) is 16.7 Å². The number of hydrogen-bond donors (Lipinski definition) is 0. The van der Waals surface area contributed by atoms with Crippen LogP contribution in [0.2, 0.25) is 0 Å². The molecule has 0 radical (unpaired) electrons. The lowest BCUT2D eigenvalue weighted by Gasteiger charge is -2.31. The summed E-state index contributed by atoms with van der Waals surface area (Å²) in [6.07, 6.45) is 1.71. The molecule has 2 aromatic rings. The van der Waals surface area contributed by atoms with E-state index in [1.807, 2.05) is 12.1 Å². The molecule has 5 nitrogen and oxygen atoms in total. The van der Waals surface area contributed by atoms with Gasteiger partial charge in [-0.2, -0.15) is 5.26 Å². The summed E-state index contributed by atoms with van der Waals surface area (Å²) >= 11 is 1.57. The maximum atomic E-state index is 12.8. The fourth-order valence-corrected chi connectivity index (χ4v) is 3.88. The molecule has 1 aliphatic heterocycles. The summed E-state index contributed by atoms with van der Waals surface area (Å²) in [4.78, 5) is 22.0. The minimum Gasteiger partial charge on any atom is -0.286 e. The average molecular weight is 354 g/mol. The Morgan fingerprint density at radius 1 is 1.32 bits per heavy atom. The number of pyridine rings is 1. The molecule has 0 N–H and O–H groups in total. The third kappa shape index (κ3) is 3.34. The molecule has 6 heteroatoms. The van der Waals surface area contributed by atoms with Crippen LogP contribution in [0.4, 0.5) is 0 Å². The Labute approximate surface area is 152 Å². The monoisotopic (exact) mass is 354 g/mol. The van der Waals surface area contributed by atoms with Crippen molar-refractivity contribution in [2.24, 2.45) is 5.41 Å². The van der Waals surface area contributed by atoms with Crippen molar-refractivity contribution in [3.05, 3.63) is 39.9 Å². The first-order valence-electron chi connectivity index (χ1n) is 8.27. The van der Waals surface area contributed by atoms with Gasteiger partial charge in [0.2, 0.25) is 0 Å². The minimum atomic E-state index is -0.261. The van der Waals surface area contributed by atoms with Gasteiger partial charge in [-0.3, -0.25) is 14.3 Å². The molecule has 0 fully saturated rings. The SMILES string of the molecule is CC1(C)CSc2nc(-c3ccc(C(C)(C)C)nc3)c(C#N)c(=O)n2C1. The second-order valence-corrected chi connectivity index (χ2v) is 9.20. The zero-order valence-electron chi connectivity index (χ0n) is 15.3. The highest BCUT2D eigenvalue weighted by molar-refractivity contribution is 7.99. The summed E-state index contributed by atoms with van der Waals surface area (Å²) in [6, 6.07) is 5.88. The Kier molecular flexibility index (Phi) is 4.24. The van der Waals surface area contributed by atoms with Crippen molar-refractivity contribution in [1.82, 2.24) is 14.5 Å². The minimum absolute atomic E-state index is 0.00727. The van der Waals surface area contributed by atoms with Crippen LogP contribution in [0.5, 0.6) is 0 Å². The van der Waals surface area contributed by atoms with Crippen molar-refractivity contribution in [3.8, 4) is 17.3 Å². The van der Waals surface area contributed by atoms with Crippen LogP contribution in [0.3, 0.4) is 0 Å². The fourth-order valence-electron chi connectivity index (χ4n) is 2.81. The highest BCUT2D eigenvalue weighted by atomic mass is 32.2. The number of thioether (sulfide) groups is 1. The van der Waals surface area contributed by atoms with Gasteiger partial charge in [-0.15, -0.1) is 0 Å². The Morgan fingerprint density at radius 3 is 2.60 bits per heavy atom. The van der Waals surface area contributed by atoms with Crippen LogP contribution in [0.1, 0.15) is 45.9 Å². The molecule has 2 aromatic heterocycles. The number of fused-ring (bicyclic) bond motifs is 1. The van der Waals surface area contributed by atoms with Crippen LogP contribution in [0.25, 0.3) is 11.3 Å². The first kappa shape index (κ1) is 17.7. The Bertz CT molecular complexity index is 915. The first-order chi connectivity index (χ1) is 11.6. The summed E-state index contributed by atoms with van der Waals surface area (Å²) in [5.41, 5.74) is 1.87. The molecule has 0 bridgehead atoms. The van der Waals surface area contributed by atoms with Crippen LogP contribution in [0.15, 0.2) is 28.3 Å². The van der Waals surface area contributed by atoms with E-state index in [9.17, 15) is 10.1 Å². The number of rotatable bonds is 1. The van der Waals surface area contributed by atoms with Crippen molar-refractivity contribution in [2.45, 2.75) is 51.7 Å². The number of aromatic nitrogens is 3. The summed E-state index contributed by atoms with van der Waals surface area (Å²) in [7, 11) is 0. The maximum absolute atomic E-state index is 12.8. The van der Waals surface area contributed by atoms with E-state index in [0.717, 1.165) is 11.4 Å². The molecule has 0 saturated heterocycles. The van der Waals surface area contributed by atoms with Gasteiger partial charge in [0.25, 0.3) is 5.56 Å². The Morgan fingerprint density at radius 2 is 2.04 bits per heavy atom. The summed E-state index contributed by atoms with van der Waals surface area (Å²) in [5, 5.41) is 10.2. The van der Waals surface area contributed by atoms with E-state index in [2.05, 4.69) is 50.7 Å². The largest absolute Gasteiger partial charge is 0.286 e. The van der Waals surface area contributed by atoms with Gasteiger partial charge in [0.15, 0.2) is 5.16 Å². The molecule has 3 heterocycles. The molecule has 0 unspecified atom stereocenters. The number of nitriles is 1. The van der Waals surface area contributed by atoms with E-state index < -0.39 is 0 Å². The van der Waals surface area contributed by atoms with Crippen molar-refractivity contribution < 1.29 is 0 Å². The summed E-state index contributed by atoms with van der Waals surface area (Å²) < 4.78 is 1.63. The third-order valence-electron chi connectivity index (χ3n) is 4.23. The Hall–Kier alpha value is -2.13. The quantitative estimate of drug-likeness (QED) is 0.732. The van der Waals surface area contributed by atoms with E-state index in [0.29, 0.717) is 23.0 Å². The molecule has 0 atom stereocenters. The van der Waals surface area contributed by atoms with Gasteiger partial charge < -0.3 is 0 Å². The van der Waals surface area contributed by atoms with E-state index in [1.165, 1.54) is 0 Å². The van der Waals surface area contributed by atoms with Gasteiger partial charge in [0, 0.05) is 35.2 Å². The van der Waals surface area contributed by atoms with Gasteiger partial charge in [0.1, 0.15) is 11.6 Å². The normalized spacial score (nSPS) is 16.2. The maximum Gasteiger partial charge on any atom is 0.272 e. The topological polar surface area (TPSA) is 71.6 Å². The highest BCUT2D eigenvalue weighted by Gasteiger charge is 2.29. The zero-order chi connectivity index (χ0) is 18.4. The lowest BCUT2D eigenvalue weighted by atomic mass is 9.91. The van der Waals surface area contributed by atoms with Gasteiger partial charge in [-0.1, -0.05) is 46.4 Å². The second-order valence-electron chi connectivity index (χ2n) is 8.26. The molecule has 3 rings (SSSR count). The number of hydrogen-bond acceptors (Lipinski definition) is 5. The highest BCUT2D eigenvalue weighted by Crippen LogP contribution is 2.34. The molecule has 130 valence electrons. The van der Waals surface area contributed by atoms with Crippen molar-refractivity contribution in [3.63, 3.8) is 0 Å².